The number of ether oxygens (including phenoxy) is 1. The van der Waals surface area contributed by atoms with Crippen LogP contribution in [0.3, 0.4) is 0 Å². The highest BCUT2D eigenvalue weighted by Gasteiger charge is 2.30. The topological polar surface area (TPSA) is 62.7 Å². The number of aromatic nitrogens is 1. The SMILES string of the molecule is CCCCC1CN(C(=O)O)c2ncc(Br)cc2O1. The van der Waals surface area contributed by atoms with Crippen LogP contribution >= 0.6 is 15.9 Å². The monoisotopic (exact) mass is 314 g/mol. The van der Waals surface area contributed by atoms with E-state index in [1.54, 1.807) is 12.3 Å². The Hall–Kier alpha value is -1.30. The summed E-state index contributed by atoms with van der Waals surface area (Å²) < 4.78 is 6.58. The first-order valence-electron chi connectivity index (χ1n) is 5.94. The Bertz CT molecular complexity index is 453. The summed E-state index contributed by atoms with van der Waals surface area (Å²) in [6.45, 7) is 2.45. The Balaban J connectivity index is 2.26. The maximum atomic E-state index is 11.2. The van der Waals surface area contributed by atoms with Crippen LogP contribution in [0.4, 0.5) is 10.6 Å². The van der Waals surface area contributed by atoms with Gasteiger partial charge < -0.3 is 9.84 Å². The van der Waals surface area contributed by atoms with Gasteiger partial charge in [-0.1, -0.05) is 13.3 Å². The van der Waals surface area contributed by atoms with Crippen LogP contribution in [0.15, 0.2) is 16.7 Å². The normalized spacial score (nSPS) is 18.1. The average molecular weight is 315 g/mol. The lowest BCUT2D eigenvalue weighted by Gasteiger charge is -2.32. The number of unbranched alkanes of at least 4 members (excludes halogenated alkanes) is 1. The third-order valence-corrected chi connectivity index (χ3v) is 3.28. The standard InChI is InChI=1S/C12H15BrN2O3/c1-2-3-4-9-7-15(12(16)17)11-10(18-9)5-8(13)6-14-11/h5-6,9H,2-4,7H2,1H3,(H,16,17). The molecule has 1 aliphatic rings. The van der Waals surface area contributed by atoms with E-state index in [4.69, 9.17) is 4.74 Å². The van der Waals surface area contributed by atoms with Gasteiger partial charge in [0.05, 0.1) is 6.54 Å². The van der Waals surface area contributed by atoms with E-state index in [2.05, 4.69) is 27.8 Å². The van der Waals surface area contributed by atoms with E-state index < -0.39 is 6.09 Å². The Labute approximate surface area is 114 Å². The summed E-state index contributed by atoms with van der Waals surface area (Å²) in [5.41, 5.74) is 0. The van der Waals surface area contributed by atoms with Crippen molar-refractivity contribution >= 4 is 27.8 Å². The quantitative estimate of drug-likeness (QED) is 0.930. The molecule has 1 aliphatic heterocycles. The van der Waals surface area contributed by atoms with Crippen molar-refractivity contribution in [1.82, 2.24) is 4.98 Å². The van der Waals surface area contributed by atoms with E-state index in [1.165, 1.54) is 4.90 Å². The number of hydrogen-bond donors (Lipinski definition) is 1. The number of halogens is 1. The molecule has 0 fully saturated rings. The largest absolute Gasteiger partial charge is 0.485 e. The minimum atomic E-state index is -0.990. The van der Waals surface area contributed by atoms with Crippen LogP contribution in [0.25, 0.3) is 0 Å². The molecule has 1 N–H and O–H groups in total. The van der Waals surface area contributed by atoms with Crippen molar-refractivity contribution in [3.05, 3.63) is 16.7 Å². The molecule has 5 nitrogen and oxygen atoms in total. The molecule has 0 saturated carbocycles. The lowest BCUT2D eigenvalue weighted by molar-refractivity contribution is 0.164. The Morgan fingerprint density at radius 1 is 1.72 bits per heavy atom. The van der Waals surface area contributed by atoms with Crippen molar-refractivity contribution in [1.29, 1.82) is 0 Å². The van der Waals surface area contributed by atoms with Crippen LogP contribution in [0.5, 0.6) is 5.75 Å². The molecule has 98 valence electrons. The second-order valence-corrected chi connectivity index (χ2v) is 5.17. The van der Waals surface area contributed by atoms with Gasteiger partial charge in [-0.2, -0.15) is 0 Å². The van der Waals surface area contributed by atoms with Crippen molar-refractivity contribution in [2.24, 2.45) is 0 Å². The van der Waals surface area contributed by atoms with Crippen molar-refractivity contribution in [2.45, 2.75) is 32.3 Å². The third kappa shape index (κ3) is 2.75. The Morgan fingerprint density at radius 3 is 3.17 bits per heavy atom. The smallest absolute Gasteiger partial charge is 0.413 e. The lowest BCUT2D eigenvalue weighted by atomic mass is 10.1. The number of nitrogens with zero attached hydrogens (tertiary/aromatic N) is 2. The van der Waals surface area contributed by atoms with Gasteiger partial charge in [0.15, 0.2) is 11.6 Å². The zero-order valence-electron chi connectivity index (χ0n) is 10.1. The van der Waals surface area contributed by atoms with Crippen molar-refractivity contribution < 1.29 is 14.6 Å². The van der Waals surface area contributed by atoms with E-state index in [0.29, 0.717) is 18.1 Å². The van der Waals surface area contributed by atoms with Crippen molar-refractivity contribution in [3.63, 3.8) is 0 Å². The molecule has 0 radical (unpaired) electrons. The summed E-state index contributed by atoms with van der Waals surface area (Å²) in [6, 6.07) is 1.76. The molecule has 2 rings (SSSR count). The predicted octanol–water partition coefficient (Wildman–Crippen LogP) is 3.28. The molecule has 1 unspecified atom stereocenters. The van der Waals surface area contributed by atoms with Gasteiger partial charge in [0.2, 0.25) is 0 Å². The van der Waals surface area contributed by atoms with Crippen LogP contribution < -0.4 is 9.64 Å². The van der Waals surface area contributed by atoms with Gasteiger partial charge in [0.1, 0.15) is 6.10 Å². The molecule has 0 spiro atoms. The van der Waals surface area contributed by atoms with Crippen LogP contribution in [0.1, 0.15) is 26.2 Å². The number of carbonyl (C=O) groups is 1. The molecular formula is C12H15BrN2O3. The van der Waals surface area contributed by atoms with Gasteiger partial charge in [-0.05, 0) is 34.8 Å². The van der Waals surface area contributed by atoms with Gasteiger partial charge >= 0.3 is 6.09 Å². The molecule has 2 heterocycles. The zero-order valence-corrected chi connectivity index (χ0v) is 11.7. The van der Waals surface area contributed by atoms with Crippen LogP contribution in [-0.2, 0) is 0 Å². The summed E-state index contributed by atoms with van der Waals surface area (Å²) in [7, 11) is 0. The summed E-state index contributed by atoms with van der Waals surface area (Å²) in [5.74, 6) is 0.901. The molecule has 0 bridgehead atoms. The van der Waals surface area contributed by atoms with Gasteiger partial charge in [-0.15, -0.1) is 0 Å². The number of hydrogen-bond acceptors (Lipinski definition) is 3. The Kier molecular flexibility index (Phi) is 4.06. The highest BCUT2D eigenvalue weighted by Crippen LogP contribution is 2.34. The second kappa shape index (κ2) is 5.56. The highest BCUT2D eigenvalue weighted by atomic mass is 79.9. The van der Waals surface area contributed by atoms with E-state index >= 15 is 0 Å². The molecular weight excluding hydrogens is 300 g/mol. The number of pyridine rings is 1. The first-order chi connectivity index (χ1) is 8.61. The molecule has 0 saturated heterocycles. The summed E-state index contributed by atoms with van der Waals surface area (Å²) in [6.07, 6.45) is 3.43. The highest BCUT2D eigenvalue weighted by molar-refractivity contribution is 9.10. The number of rotatable bonds is 3. The zero-order chi connectivity index (χ0) is 13.1. The molecule has 0 aliphatic carbocycles. The van der Waals surface area contributed by atoms with Gasteiger partial charge in [-0.3, -0.25) is 4.90 Å². The van der Waals surface area contributed by atoms with Gasteiger partial charge in [0.25, 0.3) is 0 Å². The summed E-state index contributed by atoms with van der Waals surface area (Å²) in [5, 5.41) is 9.22. The molecule has 18 heavy (non-hydrogen) atoms. The second-order valence-electron chi connectivity index (χ2n) is 4.25. The fourth-order valence-corrected chi connectivity index (χ4v) is 2.27. The number of amides is 1. The molecule has 1 amide bonds. The first kappa shape index (κ1) is 13.1. The average Bonchev–Trinajstić information content (AvgIpc) is 2.34. The third-order valence-electron chi connectivity index (χ3n) is 2.85. The van der Waals surface area contributed by atoms with Crippen molar-refractivity contribution in [2.75, 3.05) is 11.4 Å². The Morgan fingerprint density at radius 2 is 2.50 bits per heavy atom. The summed E-state index contributed by atoms with van der Waals surface area (Å²) in [4.78, 5) is 16.6. The maximum Gasteiger partial charge on any atom is 0.413 e. The van der Waals surface area contributed by atoms with Crippen LogP contribution in [0.2, 0.25) is 0 Å². The summed E-state index contributed by atoms with van der Waals surface area (Å²) >= 11 is 3.31. The van der Waals surface area contributed by atoms with Gasteiger partial charge in [-0.25, -0.2) is 9.78 Å². The van der Waals surface area contributed by atoms with E-state index in [1.807, 2.05) is 0 Å². The molecule has 0 aromatic carbocycles. The number of carboxylic acid groups (broad SMARTS) is 1. The van der Waals surface area contributed by atoms with E-state index in [-0.39, 0.29) is 6.10 Å². The predicted molar refractivity (Wildman–Crippen MR) is 71.2 cm³/mol. The van der Waals surface area contributed by atoms with E-state index in [0.717, 1.165) is 23.7 Å². The maximum absolute atomic E-state index is 11.2. The first-order valence-corrected chi connectivity index (χ1v) is 6.73. The minimum absolute atomic E-state index is 0.0929. The fourth-order valence-electron chi connectivity index (χ4n) is 1.96. The van der Waals surface area contributed by atoms with E-state index in [9.17, 15) is 9.90 Å². The molecule has 1 aromatic rings. The van der Waals surface area contributed by atoms with Gasteiger partial charge in [0, 0.05) is 10.7 Å². The number of fused-ring (bicyclic) bond motifs is 1. The van der Waals surface area contributed by atoms with Crippen molar-refractivity contribution in [3.8, 4) is 5.75 Å². The lowest BCUT2D eigenvalue weighted by Crippen LogP contribution is -2.43. The van der Waals surface area contributed by atoms with Crippen LogP contribution in [0, 0.1) is 0 Å². The molecule has 1 aromatic heterocycles. The molecule has 6 heteroatoms. The van der Waals surface area contributed by atoms with Crippen LogP contribution in [-0.4, -0.2) is 28.8 Å². The number of anilines is 1. The minimum Gasteiger partial charge on any atom is -0.485 e. The fraction of sp³-hybridized carbons (Fsp3) is 0.500. The molecule has 1 atom stereocenters.